The predicted octanol–water partition coefficient (Wildman–Crippen LogP) is 3.16. The Kier molecular flexibility index (Phi) is 6.60. The highest BCUT2D eigenvalue weighted by Gasteiger charge is 2.28. The second-order valence-corrected chi connectivity index (χ2v) is 7.61. The minimum atomic E-state index is -0.913. The van der Waals surface area contributed by atoms with Crippen molar-refractivity contribution in [2.45, 2.75) is 18.9 Å². The molecule has 0 saturated heterocycles. The molecule has 162 valence electrons. The molecule has 0 aromatic heterocycles. The van der Waals surface area contributed by atoms with Gasteiger partial charge in [0.25, 0.3) is 11.8 Å². The Morgan fingerprint density at radius 3 is 2.28 bits per heavy atom. The smallest absolute Gasteiger partial charge is 0.329 e. The maximum Gasteiger partial charge on any atom is 0.329 e. The first-order chi connectivity index (χ1) is 15.6. The van der Waals surface area contributed by atoms with Gasteiger partial charge in [-0.15, -0.1) is 0 Å². The SMILES string of the molecule is O=C(NC(Cc1ccccc1)C(=O)OCC(=O)N1CCc2ccccc21)c1ccccc1. The highest BCUT2D eigenvalue weighted by atomic mass is 16.5. The Balaban J connectivity index is 1.42. The van der Waals surface area contributed by atoms with Crippen LogP contribution in [0.25, 0.3) is 0 Å². The summed E-state index contributed by atoms with van der Waals surface area (Å²) in [6, 6.07) is 24.8. The van der Waals surface area contributed by atoms with Crippen molar-refractivity contribution >= 4 is 23.5 Å². The summed E-state index contributed by atoms with van der Waals surface area (Å²) in [5, 5.41) is 2.75. The maximum absolute atomic E-state index is 12.9. The molecule has 6 heteroatoms. The number of fused-ring (bicyclic) bond motifs is 1. The van der Waals surface area contributed by atoms with Crippen LogP contribution in [0, 0.1) is 0 Å². The second kappa shape index (κ2) is 9.92. The van der Waals surface area contributed by atoms with E-state index in [2.05, 4.69) is 5.32 Å². The number of nitrogens with one attached hydrogen (secondary N) is 1. The van der Waals surface area contributed by atoms with Gasteiger partial charge in [-0.25, -0.2) is 4.79 Å². The number of ether oxygens (including phenoxy) is 1. The zero-order valence-corrected chi connectivity index (χ0v) is 17.6. The number of nitrogens with zero attached hydrogens (tertiary/aromatic N) is 1. The molecule has 0 fully saturated rings. The molecule has 1 N–H and O–H groups in total. The van der Waals surface area contributed by atoms with E-state index in [0.29, 0.717) is 12.1 Å². The summed E-state index contributed by atoms with van der Waals surface area (Å²) >= 11 is 0. The quantitative estimate of drug-likeness (QED) is 0.587. The lowest BCUT2D eigenvalue weighted by atomic mass is 10.1. The zero-order valence-electron chi connectivity index (χ0n) is 17.6. The molecule has 1 heterocycles. The molecule has 3 aromatic rings. The van der Waals surface area contributed by atoms with E-state index in [0.717, 1.165) is 23.2 Å². The first-order valence-corrected chi connectivity index (χ1v) is 10.6. The summed E-state index contributed by atoms with van der Waals surface area (Å²) in [6.07, 6.45) is 1.04. The van der Waals surface area contributed by atoms with E-state index in [1.54, 1.807) is 29.2 Å². The largest absolute Gasteiger partial charge is 0.454 e. The van der Waals surface area contributed by atoms with Crippen LogP contribution in [0.15, 0.2) is 84.9 Å². The summed E-state index contributed by atoms with van der Waals surface area (Å²) < 4.78 is 5.36. The van der Waals surface area contributed by atoms with Crippen LogP contribution in [0.3, 0.4) is 0 Å². The first-order valence-electron chi connectivity index (χ1n) is 10.6. The average molecular weight is 428 g/mol. The molecule has 0 radical (unpaired) electrons. The van der Waals surface area contributed by atoms with E-state index < -0.39 is 12.0 Å². The molecule has 1 aliphatic heterocycles. The molecule has 0 spiro atoms. The fourth-order valence-electron chi connectivity index (χ4n) is 3.78. The van der Waals surface area contributed by atoms with Gasteiger partial charge in [0, 0.05) is 24.2 Å². The highest BCUT2D eigenvalue weighted by molar-refractivity contribution is 5.99. The van der Waals surface area contributed by atoms with Crippen molar-refractivity contribution in [2.75, 3.05) is 18.1 Å². The van der Waals surface area contributed by atoms with Gasteiger partial charge in [0.05, 0.1) is 0 Å². The van der Waals surface area contributed by atoms with Crippen molar-refractivity contribution in [3.63, 3.8) is 0 Å². The molecular formula is C26H24N2O4. The predicted molar refractivity (Wildman–Crippen MR) is 121 cm³/mol. The summed E-state index contributed by atoms with van der Waals surface area (Å²) in [7, 11) is 0. The van der Waals surface area contributed by atoms with Gasteiger partial charge in [0.1, 0.15) is 6.04 Å². The van der Waals surface area contributed by atoms with Crippen LogP contribution in [-0.4, -0.2) is 37.0 Å². The van der Waals surface area contributed by atoms with Gasteiger partial charge in [-0.2, -0.15) is 0 Å². The summed E-state index contributed by atoms with van der Waals surface area (Å²) in [5.41, 5.74) is 3.28. The van der Waals surface area contributed by atoms with Gasteiger partial charge in [-0.1, -0.05) is 66.7 Å². The normalized spacial score (nSPS) is 13.2. The highest BCUT2D eigenvalue weighted by Crippen LogP contribution is 2.27. The van der Waals surface area contributed by atoms with Crippen LogP contribution in [-0.2, 0) is 27.2 Å². The molecule has 32 heavy (non-hydrogen) atoms. The molecule has 1 atom stereocenters. The number of para-hydroxylation sites is 1. The Labute approximate surface area is 186 Å². The zero-order chi connectivity index (χ0) is 22.3. The lowest BCUT2D eigenvalue weighted by Crippen LogP contribution is -2.44. The molecule has 0 bridgehead atoms. The van der Waals surface area contributed by atoms with Crippen LogP contribution >= 0.6 is 0 Å². The number of anilines is 1. The monoisotopic (exact) mass is 428 g/mol. The lowest BCUT2D eigenvalue weighted by molar-refractivity contribution is -0.149. The summed E-state index contributed by atoms with van der Waals surface area (Å²) in [6.45, 7) is 0.188. The number of esters is 1. The molecule has 1 aliphatic rings. The van der Waals surface area contributed by atoms with E-state index in [-0.39, 0.29) is 24.8 Å². The van der Waals surface area contributed by atoms with Gasteiger partial charge in [0.2, 0.25) is 0 Å². The Hall–Kier alpha value is -3.93. The molecule has 0 saturated carbocycles. The average Bonchev–Trinajstić information content (AvgIpc) is 3.27. The number of hydrogen-bond donors (Lipinski definition) is 1. The Morgan fingerprint density at radius 1 is 0.875 bits per heavy atom. The van der Waals surface area contributed by atoms with Gasteiger partial charge >= 0.3 is 5.97 Å². The van der Waals surface area contributed by atoms with Crippen molar-refractivity contribution in [2.24, 2.45) is 0 Å². The van der Waals surface area contributed by atoms with E-state index >= 15 is 0 Å². The maximum atomic E-state index is 12.9. The van der Waals surface area contributed by atoms with Crippen molar-refractivity contribution in [3.05, 3.63) is 102 Å². The molecule has 1 unspecified atom stereocenters. The molecular weight excluding hydrogens is 404 g/mol. The molecule has 4 rings (SSSR count). The molecule has 0 aliphatic carbocycles. The third-order valence-corrected chi connectivity index (χ3v) is 5.43. The standard InChI is InChI=1S/C26H24N2O4/c29-24(28-16-15-20-11-7-8-14-23(20)28)18-32-26(31)22(17-19-9-3-1-4-10-19)27-25(30)21-12-5-2-6-13-21/h1-14,22H,15-18H2,(H,27,30). The van der Waals surface area contributed by atoms with Crippen molar-refractivity contribution in [1.29, 1.82) is 0 Å². The van der Waals surface area contributed by atoms with Gasteiger partial charge in [-0.3, -0.25) is 9.59 Å². The number of carbonyl (C=O) groups excluding carboxylic acids is 3. The van der Waals surface area contributed by atoms with Crippen LogP contribution < -0.4 is 10.2 Å². The second-order valence-electron chi connectivity index (χ2n) is 7.61. The summed E-state index contributed by atoms with van der Waals surface area (Å²) in [4.78, 5) is 39.8. The van der Waals surface area contributed by atoms with E-state index in [1.165, 1.54) is 0 Å². The van der Waals surface area contributed by atoms with Crippen molar-refractivity contribution in [1.82, 2.24) is 5.32 Å². The Morgan fingerprint density at radius 2 is 1.53 bits per heavy atom. The van der Waals surface area contributed by atoms with Gasteiger partial charge in [0.15, 0.2) is 6.61 Å². The molecule has 6 nitrogen and oxygen atoms in total. The number of carbonyl (C=O) groups is 3. The number of rotatable bonds is 7. The first kappa shape index (κ1) is 21.3. The van der Waals surface area contributed by atoms with Gasteiger partial charge < -0.3 is 15.0 Å². The third kappa shape index (κ3) is 5.03. The van der Waals surface area contributed by atoms with E-state index in [1.807, 2.05) is 60.7 Å². The fourth-order valence-corrected chi connectivity index (χ4v) is 3.78. The number of amides is 2. The van der Waals surface area contributed by atoms with Gasteiger partial charge in [-0.05, 0) is 35.7 Å². The van der Waals surface area contributed by atoms with Crippen LogP contribution in [0.2, 0.25) is 0 Å². The van der Waals surface area contributed by atoms with Crippen LogP contribution in [0.4, 0.5) is 5.69 Å². The lowest BCUT2D eigenvalue weighted by Gasteiger charge is -2.20. The number of benzene rings is 3. The fraction of sp³-hybridized carbons (Fsp3) is 0.192. The molecule has 3 aromatic carbocycles. The van der Waals surface area contributed by atoms with Crippen LogP contribution in [0.5, 0.6) is 0 Å². The number of hydrogen-bond acceptors (Lipinski definition) is 4. The van der Waals surface area contributed by atoms with E-state index in [9.17, 15) is 14.4 Å². The minimum absolute atomic E-state index is 0.263. The van der Waals surface area contributed by atoms with E-state index in [4.69, 9.17) is 4.74 Å². The third-order valence-electron chi connectivity index (χ3n) is 5.43. The van der Waals surface area contributed by atoms with Crippen molar-refractivity contribution in [3.8, 4) is 0 Å². The molecule has 2 amide bonds. The topological polar surface area (TPSA) is 75.7 Å². The Bertz CT molecular complexity index is 1100. The summed E-state index contributed by atoms with van der Waals surface area (Å²) in [5.74, 6) is -1.29. The van der Waals surface area contributed by atoms with Crippen molar-refractivity contribution < 1.29 is 19.1 Å². The minimum Gasteiger partial charge on any atom is -0.454 e. The van der Waals surface area contributed by atoms with Crippen LogP contribution in [0.1, 0.15) is 21.5 Å².